The van der Waals surface area contributed by atoms with Crippen LogP contribution in [0.5, 0.6) is 5.75 Å². The van der Waals surface area contributed by atoms with Crippen molar-refractivity contribution in [2.45, 2.75) is 24.7 Å². The Morgan fingerprint density at radius 2 is 1.87 bits per heavy atom. The van der Waals surface area contributed by atoms with Gasteiger partial charge in [0.1, 0.15) is 5.75 Å². The van der Waals surface area contributed by atoms with Gasteiger partial charge in [-0.2, -0.15) is 0 Å². The molecule has 0 atom stereocenters. The van der Waals surface area contributed by atoms with Gasteiger partial charge in [0, 0.05) is 12.2 Å². The molecule has 2 aromatic carbocycles. The molecular weight excluding hydrogens is 422 g/mol. The van der Waals surface area contributed by atoms with Gasteiger partial charge in [0.25, 0.3) is 5.91 Å². The number of rotatable bonds is 10. The SMILES string of the molecule is C=CCNS(=O)(=O)c1ccc(NC(=S)NC(=O)c2ccccc2OCCCC)cc1. The zero-order chi connectivity index (χ0) is 22.0. The molecule has 2 aromatic rings. The Kier molecular flexibility index (Phi) is 8.97. The van der Waals surface area contributed by atoms with Gasteiger partial charge in [0.15, 0.2) is 5.11 Å². The highest BCUT2D eigenvalue weighted by molar-refractivity contribution is 7.89. The Labute approximate surface area is 182 Å². The summed E-state index contributed by atoms with van der Waals surface area (Å²) in [5.41, 5.74) is 0.919. The van der Waals surface area contributed by atoms with Gasteiger partial charge in [-0.25, -0.2) is 13.1 Å². The Morgan fingerprint density at radius 1 is 1.17 bits per heavy atom. The third kappa shape index (κ3) is 6.94. The lowest BCUT2D eigenvalue weighted by molar-refractivity contribution is 0.0973. The zero-order valence-electron chi connectivity index (χ0n) is 16.7. The number of carbonyl (C=O) groups is 1. The molecule has 0 fully saturated rings. The summed E-state index contributed by atoms with van der Waals surface area (Å²) in [6, 6.07) is 12.9. The molecule has 0 saturated carbocycles. The van der Waals surface area contributed by atoms with Gasteiger partial charge in [-0.1, -0.05) is 31.6 Å². The third-order valence-electron chi connectivity index (χ3n) is 3.95. The van der Waals surface area contributed by atoms with Gasteiger partial charge in [0.2, 0.25) is 10.0 Å². The van der Waals surface area contributed by atoms with E-state index >= 15 is 0 Å². The number of anilines is 1. The summed E-state index contributed by atoms with van der Waals surface area (Å²) in [5, 5.41) is 5.56. The first-order chi connectivity index (χ1) is 14.4. The van der Waals surface area contributed by atoms with Crippen LogP contribution in [0.4, 0.5) is 5.69 Å². The van der Waals surface area contributed by atoms with Gasteiger partial charge in [0.05, 0.1) is 17.1 Å². The number of unbranched alkanes of at least 4 members (excludes halogenated alkanes) is 1. The Hall–Kier alpha value is -2.75. The third-order valence-corrected chi connectivity index (χ3v) is 5.60. The van der Waals surface area contributed by atoms with E-state index in [0.29, 0.717) is 23.6 Å². The van der Waals surface area contributed by atoms with Crippen LogP contribution >= 0.6 is 12.2 Å². The number of nitrogens with one attached hydrogen (secondary N) is 3. The molecule has 9 heteroatoms. The van der Waals surface area contributed by atoms with E-state index in [9.17, 15) is 13.2 Å². The van der Waals surface area contributed by atoms with Crippen LogP contribution in [0.1, 0.15) is 30.1 Å². The summed E-state index contributed by atoms with van der Waals surface area (Å²) >= 11 is 5.20. The lowest BCUT2D eigenvalue weighted by Gasteiger charge is -2.13. The molecular formula is C21H25N3O4S2. The highest BCUT2D eigenvalue weighted by atomic mass is 32.2. The largest absolute Gasteiger partial charge is 0.493 e. The molecule has 0 aliphatic heterocycles. The molecule has 7 nitrogen and oxygen atoms in total. The van der Waals surface area contributed by atoms with Gasteiger partial charge in [-0.05, 0) is 55.0 Å². The van der Waals surface area contributed by atoms with E-state index in [0.717, 1.165) is 12.8 Å². The van der Waals surface area contributed by atoms with Crippen LogP contribution in [-0.2, 0) is 10.0 Å². The maximum absolute atomic E-state index is 12.6. The molecule has 0 radical (unpaired) electrons. The number of thiocarbonyl (C=S) groups is 1. The van der Waals surface area contributed by atoms with Crippen LogP contribution in [-0.4, -0.2) is 32.6 Å². The van der Waals surface area contributed by atoms with Crippen molar-refractivity contribution in [3.63, 3.8) is 0 Å². The molecule has 0 spiro atoms. The topological polar surface area (TPSA) is 96.5 Å². The van der Waals surface area contributed by atoms with E-state index in [-0.39, 0.29) is 16.6 Å². The second kappa shape index (κ2) is 11.4. The number of para-hydroxylation sites is 1. The Balaban J connectivity index is 1.99. The van der Waals surface area contributed by atoms with Gasteiger partial charge in [-0.15, -0.1) is 6.58 Å². The van der Waals surface area contributed by atoms with Crippen LogP contribution in [0.2, 0.25) is 0 Å². The van der Waals surface area contributed by atoms with E-state index in [2.05, 4.69) is 28.9 Å². The molecule has 1 amide bonds. The van der Waals surface area contributed by atoms with E-state index in [1.807, 2.05) is 0 Å². The summed E-state index contributed by atoms with van der Waals surface area (Å²) in [7, 11) is -3.60. The van der Waals surface area contributed by atoms with Gasteiger partial charge < -0.3 is 10.1 Å². The molecule has 0 aliphatic rings. The molecule has 0 saturated heterocycles. The second-order valence-corrected chi connectivity index (χ2v) is 8.45. The van der Waals surface area contributed by atoms with Crippen molar-refractivity contribution in [1.82, 2.24) is 10.0 Å². The highest BCUT2D eigenvalue weighted by Gasteiger charge is 2.15. The van der Waals surface area contributed by atoms with Crippen molar-refractivity contribution in [2.75, 3.05) is 18.5 Å². The van der Waals surface area contributed by atoms with Crippen molar-refractivity contribution < 1.29 is 17.9 Å². The van der Waals surface area contributed by atoms with Crippen LogP contribution in [0.15, 0.2) is 66.1 Å². The fourth-order valence-corrected chi connectivity index (χ4v) is 3.62. The number of hydrogen-bond donors (Lipinski definition) is 3. The predicted molar refractivity (Wildman–Crippen MR) is 122 cm³/mol. The van der Waals surface area contributed by atoms with E-state index in [1.165, 1.54) is 18.2 Å². The summed E-state index contributed by atoms with van der Waals surface area (Å²) in [6.45, 7) is 6.21. The van der Waals surface area contributed by atoms with E-state index < -0.39 is 15.9 Å². The number of hydrogen-bond acceptors (Lipinski definition) is 5. The predicted octanol–water partition coefficient (Wildman–Crippen LogP) is 3.46. The molecule has 30 heavy (non-hydrogen) atoms. The Bertz CT molecular complexity index is 990. The van der Waals surface area contributed by atoms with Gasteiger partial charge in [-0.3, -0.25) is 10.1 Å². The first kappa shape index (κ1) is 23.5. The average Bonchev–Trinajstić information content (AvgIpc) is 2.73. The van der Waals surface area contributed by atoms with Crippen molar-refractivity contribution in [3.05, 3.63) is 66.7 Å². The van der Waals surface area contributed by atoms with Crippen molar-refractivity contribution in [1.29, 1.82) is 0 Å². The Morgan fingerprint density at radius 3 is 2.53 bits per heavy atom. The molecule has 0 unspecified atom stereocenters. The smallest absolute Gasteiger partial charge is 0.261 e. The number of benzene rings is 2. The van der Waals surface area contributed by atoms with Crippen LogP contribution in [0.3, 0.4) is 0 Å². The number of carbonyl (C=O) groups excluding carboxylic acids is 1. The van der Waals surface area contributed by atoms with Gasteiger partial charge >= 0.3 is 0 Å². The number of sulfonamides is 1. The quantitative estimate of drug-likeness (QED) is 0.293. The van der Waals surface area contributed by atoms with E-state index in [4.69, 9.17) is 17.0 Å². The zero-order valence-corrected chi connectivity index (χ0v) is 18.3. The molecule has 0 aromatic heterocycles. The lowest BCUT2D eigenvalue weighted by Crippen LogP contribution is -2.34. The summed E-state index contributed by atoms with van der Waals surface area (Å²) in [4.78, 5) is 12.7. The van der Waals surface area contributed by atoms with E-state index in [1.54, 1.807) is 36.4 Å². The average molecular weight is 448 g/mol. The highest BCUT2D eigenvalue weighted by Crippen LogP contribution is 2.18. The molecule has 0 heterocycles. The maximum Gasteiger partial charge on any atom is 0.261 e. The fraction of sp³-hybridized carbons (Fsp3) is 0.238. The molecule has 0 aliphatic carbocycles. The minimum absolute atomic E-state index is 0.0868. The van der Waals surface area contributed by atoms with Crippen LogP contribution in [0, 0.1) is 0 Å². The summed E-state index contributed by atoms with van der Waals surface area (Å²) < 4.78 is 32.2. The first-order valence-electron chi connectivity index (χ1n) is 9.42. The molecule has 0 bridgehead atoms. The minimum Gasteiger partial charge on any atom is -0.493 e. The van der Waals surface area contributed by atoms with Crippen molar-refractivity contribution in [2.24, 2.45) is 0 Å². The number of ether oxygens (including phenoxy) is 1. The minimum atomic E-state index is -3.60. The van der Waals surface area contributed by atoms with Crippen molar-refractivity contribution in [3.8, 4) is 5.75 Å². The molecule has 2 rings (SSSR count). The fourth-order valence-electron chi connectivity index (χ4n) is 2.41. The van der Waals surface area contributed by atoms with Crippen molar-refractivity contribution >= 4 is 38.9 Å². The first-order valence-corrected chi connectivity index (χ1v) is 11.3. The van der Waals surface area contributed by atoms with Crippen LogP contribution in [0.25, 0.3) is 0 Å². The summed E-state index contributed by atoms with van der Waals surface area (Å²) in [5.74, 6) is 0.0975. The maximum atomic E-state index is 12.6. The molecule has 3 N–H and O–H groups in total. The molecule has 160 valence electrons. The number of amides is 1. The monoisotopic (exact) mass is 447 g/mol. The normalized spacial score (nSPS) is 10.8. The standard InChI is InChI=1S/C21H25N3O4S2/c1-3-5-15-28-19-9-7-6-8-18(19)20(25)24-21(29)23-16-10-12-17(13-11-16)30(26,27)22-14-4-2/h4,6-13,22H,2-3,5,14-15H2,1H3,(H2,23,24,25,29). The van der Waals surface area contributed by atoms with Crippen LogP contribution < -0.4 is 20.1 Å². The second-order valence-electron chi connectivity index (χ2n) is 6.27. The summed E-state index contributed by atoms with van der Waals surface area (Å²) in [6.07, 6.45) is 3.35. The lowest BCUT2D eigenvalue weighted by atomic mass is 10.2.